The fourth-order valence-corrected chi connectivity index (χ4v) is 4.07. The smallest absolute Gasteiger partial charge is 0.236 e. The van der Waals surface area contributed by atoms with Gasteiger partial charge in [-0.3, -0.25) is 9.69 Å². The molecule has 0 bridgehead atoms. The number of likely N-dealkylation sites (N-methyl/N-ethyl adjacent to an activating group) is 1. The van der Waals surface area contributed by atoms with Gasteiger partial charge in [0.1, 0.15) is 0 Å². The fraction of sp³-hybridized carbons (Fsp3) is 0.938. The van der Waals surface area contributed by atoms with Gasteiger partial charge in [0.2, 0.25) is 5.91 Å². The van der Waals surface area contributed by atoms with Crippen molar-refractivity contribution in [2.75, 3.05) is 46.3 Å². The fourth-order valence-electron chi connectivity index (χ4n) is 4.07. The zero-order chi connectivity index (χ0) is 14.7. The molecule has 0 aromatic carbocycles. The highest BCUT2D eigenvalue weighted by Gasteiger charge is 2.42. The van der Waals surface area contributed by atoms with E-state index in [2.05, 4.69) is 10.2 Å². The average Bonchev–Trinajstić information content (AvgIpc) is 3.10. The van der Waals surface area contributed by atoms with Gasteiger partial charge in [-0.05, 0) is 32.7 Å². The number of carbonyl (C=O) groups excluding carboxylic acids is 1. The van der Waals surface area contributed by atoms with E-state index in [-0.39, 0.29) is 11.5 Å². The number of hydrogen-bond donors (Lipinski definition) is 1. The highest BCUT2D eigenvalue weighted by atomic mass is 16.5. The number of piperazine rings is 1. The molecule has 0 aromatic rings. The van der Waals surface area contributed by atoms with E-state index < -0.39 is 0 Å². The molecule has 1 amide bonds. The van der Waals surface area contributed by atoms with E-state index in [1.165, 1.54) is 32.1 Å². The average molecular weight is 295 g/mol. The highest BCUT2D eigenvalue weighted by Crippen LogP contribution is 2.43. The van der Waals surface area contributed by atoms with Crippen LogP contribution < -0.4 is 5.32 Å². The van der Waals surface area contributed by atoms with Crippen LogP contribution in [-0.4, -0.2) is 73.7 Å². The molecule has 1 spiro atoms. The van der Waals surface area contributed by atoms with Gasteiger partial charge in [0, 0.05) is 32.7 Å². The topological polar surface area (TPSA) is 44.8 Å². The second-order valence-electron chi connectivity index (χ2n) is 7.00. The number of hydrogen-bond acceptors (Lipinski definition) is 4. The summed E-state index contributed by atoms with van der Waals surface area (Å²) in [6.07, 6.45) is 7.83. The van der Waals surface area contributed by atoms with E-state index in [0.717, 1.165) is 39.1 Å². The highest BCUT2D eigenvalue weighted by molar-refractivity contribution is 5.78. The molecule has 2 heterocycles. The van der Waals surface area contributed by atoms with Crippen LogP contribution in [0.3, 0.4) is 0 Å². The lowest BCUT2D eigenvalue weighted by Crippen LogP contribution is -2.49. The zero-order valence-electron chi connectivity index (χ0n) is 13.3. The Hall–Kier alpha value is -0.650. The molecule has 1 atom stereocenters. The summed E-state index contributed by atoms with van der Waals surface area (Å²) < 4.78 is 6.33. The molecular weight excluding hydrogens is 266 g/mol. The van der Waals surface area contributed by atoms with Crippen molar-refractivity contribution in [3.05, 3.63) is 0 Å². The van der Waals surface area contributed by atoms with E-state index in [4.69, 9.17) is 4.74 Å². The second kappa shape index (κ2) is 6.63. The summed E-state index contributed by atoms with van der Waals surface area (Å²) >= 11 is 0. The Bertz CT molecular complexity index is 363. The number of amides is 1. The van der Waals surface area contributed by atoms with Gasteiger partial charge >= 0.3 is 0 Å². The van der Waals surface area contributed by atoms with Crippen LogP contribution in [0.25, 0.3) is 0 Å². The lowest BCUT2D eigenvalue weighted by atomic mass is 9.98. The van der Waals surface area contributed by atoms with E-state index in [0.29, 0.717) is 12.6 Å². The molecule has 21 heavy (non-hydrogen) atoms. The Balaban J connectivity index is 1.41. The van der Waals surface area contributed by atoms with Crippen LogP contribution in [0, 0.1) is 0 Å². The monoisotopic (exact) mass is 295 g/mol. The Kier molecular flexibility index (Phi) is 4.82. The third-order valence-corrected chi connectivity index (χ3v) is 5.24. The molecule has 3 aliphatic rings. The number of nitrogens with zero attached hydrogens (tertiary/aromatic N) is 2. The molecule has 1 N–H and O–H groups in total. The predicted octanol–water partition coefficient (Wildman–Crippen LogP) is 0.842. The van der Waals surface area contributed by atoms with Crippen molar-refractivity contribution in [3.8, 4) is 0 Å². The Morgan fingerprint density at radius 2 is 2.00 bits per heavy atom. The van der Waals surface area contributed by atoms with Gasteiger partial charge in [-0.2, -0.15) is 0 Å². The van der Waals surface area contributed by atoms with Crippen molar-refractivity contribution < 1.29 is 9.53 Å². The van der Waals surface area contributed by atoms with Crippen LogP contribution in [0.1, 0.15) is 38.5 Å². The summed E-state index contributed by atoms with van der Waals surface area (Å²) in [4.78, 5) is 16.4. The van der Waals surface area contributed by atoms with Crippen molar-refractivity contribution >= 4 is 5.91 Å². The zero-order valence-corrected chi connectivity index (χ0v) is 13.3. The number of carbonyl (C=O) groups is 1. The predicted molar refractivity (Wildman–Crippen MR) is 82.3 cm³/mol. The van der Waals surface area contributed by atoms with Gasteiger partial charge in [0.15, 0.2) is 0 Å². The lowest BCUT2D eigenvalue weighted by Gasteiger charge is -2.30. The maximum Gasteiger partial charge on any atom is 0.236 e. The number of rotatable bonds is 4. The molecule has 0 aromatic heterocycles. The summed E-state index contributed by atoms with van der Waals surface area (Å²) in [6.45, 7) is 4.94. The van der Waals surface area contributed by atoms with Gasteiger partial charge in [-0.1, -0.05) is 12.8 Å². The summed E-state index contributed by atoms with van der Waals surface area (Å²) in [5.74, 6) is 0.257. The van der Waals surface area contributed by atoms with Crippen LogP contribution in [0.5, 0.6) is 0 Å². The molecule has 2 aliphatic heterocycles. The summed E-state index contributed by atoms with van der Waals surface area (Å²) in [5, 5.41) is 3.28. The second-order valence-corrected chi connectivity index (χ2v) is 7.00. The van der Waals surface area contributed by atoms with E-state index in [1.54, 1.807) is 0 Å². The third kappa shape index (κ3) is 3.76. The Morgan fingerprint density at radius 1 is 1.29 bits per heavy atom. The van der Waals surface area contributed by atoms with Crippen molar-refractivity contribution in [1.82, 2.24) is 15.1 Å². The number of ether oxygens (including phenoxy) is 1. The van der Waals surface area contributed by atoms with Gasteiger partial charge in [0.05, 0.1) is 18.2 Å². The molecule has 5 heteroatoms. The lowest BCUT2D eigenvalue weighted by molar-refractivity contribution is -0.133. The summed E-state index contributed by atoms with van der Waals surface area (Å²) in [6, 6.07) is 0. The molecule has 1 saturated carbocycles. The first-order valence-electron chi connectivity index (χ1n) is 8.52. The summed E-state index contributed by atoms with van der Waals surface area (Å²) in [5.41, 5.74) is 0.202. The minimum Gasteiger partial charge on any atom is -0.370 e. The number of nitrogens with one attached hydrogen (secondary N) is 1. The van der Waals surface area contributed by atoms with Crippen LogP contribution in [0.4, 0.5) is 0 Å². The largest absolute Gasteiger partial charge is 0.370 e. The summed E-state index contributed by atoms with van der Waals surface area (Å²) in [7, 11) is 2.04. The van der Waals surface area contributed by atoms with Crippen molar-refractivity contribution in [3.63, 3.8) is 0 Å². The van der Waals surface area contributed by atoms with Crippen LogP contribution in [0.15, 0.2) is 0 Å². The van der Waals surface area contributed by atoms with E-state index in [1.807, 2.05) is 11.9 Å². The molecule has 0 radical (unpaired) electrons. The maximum atomic E-state index is 12.2. The SMILES string of the molecule is CN(CC(=O)N1CCNCC1)CC1CCC2(CCCC2)O1. The van der Waals surface area contributed by atoms with Crippen LogP contribution in [0.2, 0.25) is 0 Å². The van der Waals surface area contributed by atoms with E-state index >= 15 is 0 Å². The molecule has 5 nitrogen and oxygen atoms in total. The first-order valence-corrected chi connectivity index (χ1v) is 8.52. The molecule has 3 fully saturated rings. The Morgan fingerprint density at radius 3 is 2.71 bits per heavy atom. The minimum atomic E-state index is 0.202. The molecule has 120 valence electrons. The quantitative estimate of drug-likeness (QED) is 0.835. The molecule has 3 rings (SSSR count). The van der Waals surface area contributed by atoms with Gasteiger partial charge in [0.25, 0.3) is 0 Å². The molecular formula is C16H29N3O2. The van der Waals surface area contributed by atoms with Crippen LogP contribution in [-0.2, 0) is 9.53 Å². The minimum absolute atomic E-state index is 0.202. The van der Waals surface area contributed by atoms with Gasteiger partial charge in [-0.25, -0.2) is 0 Å². The van der Waals surface area contributed by atoms with Gasteiger partial charge < -0.3 is 15.0 Å². The van der Waals surface area contributed by atoms with Crippen molar-refractivity contribution in [1.29, 1.82) is 0 Å². The first kappa shape index (κ1) is 15.3. The van der Waals surface area contributed by atoms with Crippen molar-refractivity contribution in [2.45, 2.75) is 50.2 Å². The maximum absolute atomic E-state index is 12.2. The van der Waals surface area contributed by atoms with Gasteiger partial charge in [-0.15, -0.1) is 0 Å². The normalized spacial score (nSPS) is 28.7. The third-order valence-electron chi connectivity index (χ3n) is 5.24. The standard InChI is InChI=1S/C16H29N3O2/c1-18(13-15(20)19-10-8-17-9-11-19)12-14-4-7-16(21-14)5-2-3-6-16/h14,17H,2-13H2,1H3. The molecule has 1 unspecified atom stereocenters. The first-order chi connectivity index (χ1) is 10.2. The Labute approximate surface area is 128 Å². The molecule has 1 aliphatic carbocycles. The van der Waals surface area contributed by atoms with E-state index in [9.17, 15) is 4.79 Å². The molecule has 2 saturated heterocycles. The van der Waals surface area contributed by atoms with Crippen LogP contribution >= 0.6 is 0 Å². The van der Waals surface area contributed by atoms with Crippen molar-refractivity contribution in [2.24, 2.45) is 0 Å².